The van der Waals surface area contributed by atoms with Crippen LogP contribution >= 0.6 is 0 Å². The van der Waals surface area contributed by atoms with E-state index in [0.29, 0.717) is 17.7 Å². The Morgan fingerprint density at radius 3 is 1.62 bits per heavy atom. The van der Waals surface area contributed by atoms with Crippen molar-refractivity contribution in [1.29, 1.82) is 0 Å². The van der Waals surface area contributed by atoms with Gasteiger partial charge in [-0.25, -0.2) is 9.59 Å². The molecular formula is C27H26O5. The highest BCUT2D eigenvalue weighted by atomic mass is 16.7. The van der Waals surface area contributed by atoms with E-state index in [1.807, 2.05) is 75.4 Å². The highest BCUT2D eigenvalue weighted by Crippen LogP contribution is 2.23. The molecular weight excluding hydrogens is 404 g/mol. The fourth-order valence-electron chi connectivity index (χ4n) is 3.05. The van der Waals surface area contributed by atoms with E-state index >= 15 is 0 Å². The van der Waals surface area contributed by atoms with Crippen LogP contribution in [0.15, 0.2) is 78.9 Å². The summed E-state index contributed by atoms with van der Waals surface area (Å²) in [5.41, 5.74) is 4.90. The smallest absolute Gasteiger partial charge is 0.340 e. The van der Waals surface area contributed by atoms with Crippen molar-refractivity contribution in [2.45, 2.75) is 20.8 Å². The van der Waals surface area contributed by atoms with Gasteiger partial charge in [0.25, 0.3) is 0 Å². The van der Waals surface area contributed by atoms with Crippen LogP contribution in [0.2, 0.25) is 0 Å². The SMILES string of the molecule is CC=C(C)c1ccc(C(=O)OCOC(=O)c2ccc(-c3ccc(OCC)cc3)cc2)cc1. The summed E-state index contributed by atoms with van der Waals surface area (Å²) in [6.45, 7) is 6.06. The second kappa shape index (κ2) is 11.0. The molecule has 0 saturated carbocycles. The molecule has 0 atom stereocenters. The molecule has 3 aromatic carbocycles. The van der Waals surface area contributed by atoms with Crippen molar-refractivity contribution >= 4 is 17.5 Å². The standard InChI is InChI=1S/C27H26O5/c1-4-19(3)20-6-10-23(11-7-20)26(28)31-18-32-27(29)24-12-8-21(9-13-24)22-14-16-25(17-15-22)30-5-2/h4,6-17H,5,18H2,1-3H3. The molecule has 32 heavy (non-hydrogen) atoms. The Morgan fingerprint density at radius 1 is 0.719 bits per heavy atom. The minimum absolute atomic E-state index is 0.377. The van der Waals surface area contributed by atoms with Crippen LogP contribution < -0.4 is 4.74 Å². The lowest BCUT2D eigenvalue weighted by atomic mass is 10.0. The zero-order valence-electron chi connectivity index (χ0n) is 18.5. The minimum Gasteiger partial charge on any atom is -0.494 e. The van der Waals surface area contributed by atoms with Crippen LogP contribution in [0.25, 0.3) is 16.7 Å². The molecule has 0 aromatic heterocycles. The van der Waals surface area contributed by atoms with E-state index in [9.17, 15) is 9.59 Å². The van der Waals surface area contributed by atoms with Gasteiger partial charge in [0.15, 0.2) is 0 Å². The number of carbonyl (C=O) groups excluding carboxylic acids is 2. The molecule has 0 heterocycles. The van der Waals surface area contributed by atoms with E-state index in [0.717, 1.165) is 28.0 Å². The van der Waals surface area contributed by atoms with Crippen LogP contribution in [-0.4, -0.2) is 25.3 Å². The predicted molar refractivity (Wildman–Crippen MR) is 125 cm³/mol. The van der Waals surface area contributed by atoms with Gasteiger partial charge in [-0.3, -0.25) is 0 Å². The van der Waals surface area contributed by atoms with Gasteiger partial charge >= 0.3 is 11.9 Å². The summed E-state index contributed by atoms with van der Waals surface area (Å²) in [4.78, 5) is 24.4. The van der Waals surface area contributed by atoms with Crippen molar-refractivity contribution in [3.63, 3.8) is 0 Å². The third-order valence-electron chi connectivity index (χ3n) is 5.01. The molecule has 0 fully saturated rings. The number of esters is 2. The van der Waals surface area contributed by atoms with Crippen LogP contribution in [0, 0.1) is 0 Å². The topological polar surface area (TPSA) is 61.8 Å². The van der Waals surface area contributed by atoms with Crippen molar-refractivity contribution < 1.29 is 23.8 Å². The number of carbonyl (C=O) groups is 2. The summed E-state index contributed by atoms with van der Waals surface area (Å²) >= 11 is 0. The molecule has 0 amide bonds. The number of hydrogen-bond donors (Lipinski definition) is 0. The van der Waals surface area contributed by atoms with Crippen LogP contribution in [0.1, 0.15) is 47.1 Å². The van der Waals surface area contributed by atoms with Crippen molar-refractivity contribution in [3.05, 3.63) is 95.6 Å². The molecule has 0 radical (unpaired) electrons. The van der Waals surface area contributed by atoms with Crippen molar-refractivity contribution in [1.82, 2.24) is 0 Å². The van der Waals surface area contributed by atoms with Gasteiger partial charge in [0.1, 0.15) is 5.75 Å². The van der Waals surface area contributed by atoms with Crippen LogP contribution in [0.4, 0.5) is 0 Å². The molecule has 0 aliphatic rings. The number of benzene rings is 3. The average Bonchev–Trinajstić information content (AvgIpc) is 2.84. The van der Waals surface area contributed by atoms with Crippen LogP contribution in [0.3, 0.4) is 0 Å². The van der Waals surface area contributed by atoms with Gasteiger partial charge in [0.05, 0.1) is 17.7 Å². The monoisotopic (exact) mass is 430 g/mol. The van der Waals surface area contributed by atoms with E-state index in [1.165, 1.54) is 0 Å². The summed E-state index contributed by atoms with van der Waals surface area (Å²) in [6, 6.07) is 21.9. The number of rotatable bonds is 8. The maximum atomic E-state index is 12.2. The van der Waals surface area contributed by atoms with E-state index in [-0.39, 0.29) is 0 Å². The lowest BCUT2D eigenvalue weighted by Gasteiger charge is -2.08. The lowest BCUT2D eigenvalue weighted by molar-refractivity contribution is -0.0167. The summed E-state index contributed by atoms with van der Waals surface area (Å²) in [6.07, 6.45) is 2.00. The van der Waals surface area contributed by atoms with E-state index in [2.05, 4.69) is 0 Å². The average molecular weight is 431 g/mol. The first-order chi connectivity index (χ1) is 15.5. The largest absolute Gasteiger partial charge is 0.494 e. The molecule has 0 aliphatic heterocycles. The van der Waals surface area contributed by atoms with Gasteiger partial charge in [-0.1, -0.05) is 42.5 Å². The Morgan fingerprint density at radius 2 is 1.16 bits per heavy atom. The molecule has 0 spiro atoms. The molecule has 5 nitrogen and oxygen atoms in total. The second-order valence-corrected chi connectivity index (χ2v) is 7.07. The maximum absolute atomic E-state index is 12.2. The molecule has 164 valence electrons. The first-order valence-electron chi connectivity index (χ1n) is 10.4. The maximum Gasteiger partial charge on any atom is 0.340 e. The highest BCUT2D eigenvalue weighted by molar-refractivity contribution is 5.91. The zero-order chi connectivity index (χ0) is 22.9. The lowest BCUT2D eigenvalue weighted by Crippen LogP contribution is -2.13. The third kappa shape index (κ3) is 5.85. The molecule has 0 unspecified atom stereocenters. The molecule has 3 rings (SSSR count). The van der Waals surface area contributed by atoms with Gasteiger partial charge in [0.2, 0.25) is 6.79 Å². The van der Waals surface area contributed by atoms with Gasteiger partial charge in [-0.15, -0.1) is 0 Å². The predicted octanol–water partition coefficient (Wildman–Crippen LogP) is 6.15. The molecule has 0 aliphatic carbocycles. The van der Waals surface area contributed by atoms with Gasteiger partial charge in [-0.05, 0) is 79.4 Å². The van der Waals surface area contributed by atoms with Crippen LogP contribution in [-0.2, 0) is 9.47 Å². The van der Waals surface area contributed by atoms with E-state index in [1.54, 1.807) is 24.3 Å². The fourth-order valence-corrected chi connectivity index (χ4v) is 3.05. The third-order valence-corrected chi connectivity index (χ3v) is 5.01. The number of allylic oxidation sites excluding steroid dienone is 2. The molecule has 0 N–H and O–H groups in total. The Bertz CT molecular complexity index is 1080. The van der Waals surface area contributed by atoms with Crippen molar-refractivity contribution in [2.75, 3.05) is 13.4 Å². The molecule has 0 saturated heterocycles. The molecule has 0 bridgehead atoms. The second-order valence-electron chi connectivity index (χ2n) is 7.07. The normalized spacial score (nSPS) is 11.0. The Hall–Kier alpha value is -3.86. The number of hydrogen-bond acceptors (Lipinski definition) is 5. The van der Waals surface area contributed by atoms with E-state index in [4.69, 9.17) is 14.2 Å². The fraction of sp³-hybridized carbons (Fsp3) is 0.185. The molecule has 3 aromatic rings. The van der Waals surface area contributed by atoms with Gasteiger partial charge in [0, 0.05) is 0 Å². The van der Waals surface area contributed by atoms with Crippen molar-refractivity contribution in [2.24, 2.45) is 0 Å². The van der Waals surface area contributed by atoms with Gasteiger partial charge in [-0.2, -0.15) is 0 Å². The quantitative estimate of drug-likeness (QED) is 0.317. The highest BCUT2D eigenvalue weighted by Gasteiger charge is 2.11. The summed E-state index contributed by atoms with van der Waals surface area (Å²) in [5.74, 6) is -0.293. The Kier molecular flexibility index (Phi) is 7.81. The Balaban J connectivity index is 1.52. The molecule has 5 heteroatoms. The zero-order valence-corrected chi connectivity index (χ0v) is 18.5. The number of ether oxygens (including phenoxy) is 3. The summed E-state index contributed by atoms with van der Waals surface area (Å²) in [7, 11) is 0. The van der Waals surface area contributed by atoms with E-state index < -0.39 is 18.7 Å². The first kappa shape index (κ1) is 22.8. The van der Waals surface area contributed by atoms with Gasteiger partial charge < -0.3 is 14.2 Å². The van der Waals surface area contributed by atoms with Crippen molar-refractivity contribution in [3.8, 4) is 16.9 Å². The Labute approximate surface area is 188 Å². The minimum atomic E-state index is -0.560. The summed E-state index contributed by atoms with van der Waals surface area (Å²) in [5, 5.41) is 0. The first-order valence-corrected chi connectivity index (χ1v) is 10.4. The summed E-state index contributed by atoms with van der Waals surface area (Å²) < 4.78 is 15.6. The van der Waals surface area contributed by atoms with Crippen LogP contribution in [0.5, 0.6) is 5.75 Å².